The first-order chi connectivity index (χ1) is 19.8. The minimum atomic E-state index is -1.24. The fourth-order valence-electron chi connectivity index (χ4n) is 5.57. The minimum Gasteiger partial charge on any atom is -0.494 e. The first kappa shape index (κ1) is 28.3. The Hall–Kier alpha value is -4.23. The van der Waals surface area contributed by atoms with Crippen molar-refractivity contribution in [1.29, 1.82) is 0 Å². The number of hydrogen-bond acceptors (Lipinski definition) is 5. The van der Waals surface area contributed by atoms with Gasteiger partial charge in [0.2, 0.25) is 0 Å². The zero-order valence-electron chi connectivity index (χ0n) is 23.5. The molecule has 6 nitrogen and oxygen atoms in total. The molecule has 2 heterocycles. The molecule has 0 saturated carbocycles. The third-order valence-electron chi connectivity index (χ3n) is 7.54. The van der Waals surface area contributed by atoms with Crippen LogP contribution in [0.25, 0.3) is 22.0 Å². The Bertz CT molecular complexity index is 1750. The molecule has 1 aliphatic rings. The highest BCUT2D eigenvalue weighted by atomic mass is 32.1. The molecule has 210 valence electrons. The Morgan fingerprint density at radius 3 is 2.49 bits per heavy atom. The summed E-state index contributed by atoms with van der Waals surface area (Å²) in [6.45, 7) is 4.72. The number of unbranched alkanes of at least 4 members (excludes halogenated alkanes) is 3. The quantitative estimate of drug-likeness (QED) is 0.155. The third-order valence-corrected chi connectivity index (χ3v) is 7.94. The summed E-state index contributed by atoms with van der Waals surface area (Å²) in [7, 11) is 1.52. The Morgan fingerprint density at radius 1 is 0.976 bits per heavy atom. The van der Waals surface area contributed by atoms with E-state index in [-0.39, 0.29) is 10.6 Å². The predicted molar refractivity (Wildman–Crippen MR) is 167 cm³/mol. The van der Waals surface area contributed by atoms with Gasteiger partial charge in [0, 0.05) is 23.6 Å². The normalized spacial score (nSPS) is 12.6. The van der Waals surface area contributed by atoms with E-state index in [1.807, 2.05) is 61.5 Å². The van der Waals surface area contributed by atoms with Crippen LogP contribution in [-0.4, -0.2) is 34.2 Å². The largest absolute Gasteiger partial charge is 0.494 e. The zero-order valence-corrected chi connectivity index (χ0v) is 24.3. The Labute approximate surface area is 244 Å². The summed E-state index contributed by atoms with van der Waals surface area (Å²) >= 11 is 5.88. The number of thiocarbonyl (C=S) groups is 1. The lowest BCUT2D eigenvalue weighted by Crippen LogP contribution is -2.24. The molecule has 0 fully saturated rings. The molecular formula is C34H33NO5S. The number of carboxylic acids is 1. The number of methoxy groups -OCH3 is 1. The molecule has 0 amide bonds. The number of aryl methyl sites for hydroxylation is 1. The van der Waals surface area contributed by atoms with Crippen LogP contribution in [0.1, 0.15) is 60.6 Å². The second-order valence-electron chi connectivity index (χ2n) is 10.3. The maximum atomic E-state index is 13.5. The average Bonchev–Trinajstić information content (AvgIpc) is 3.28. The summed E-state index contributed by atoms with van der Waals surface area (Å²) in [6, 6.07) is 21.1. The van der Waals surface area contributed by atoms with Crippen LogP contribution >= 0.6 is 12.2 Å². The van der Waals surface area contributed by atoms with Crippen LogP contribution in [0.2, 0.25) is 0 Å². The van der Waals surface area contributed by atoms with E-state index in [4.69, 9.17) is 21.7 Å². The Balaban J connectivity index is 1.54. The number of carbonyl (C=O) groups is 1. The summed E-state index contributed by atoms with van der Waals surface area (Å²) in [6.07, 6.45) is 4.87. The molecule has 0 saturated heterocycles. The molecule has 0 radical (unpaired) electrons. The van der Waals surface area contributed by atoms with Crippen molar-refractivity contribution in [3.63, 3.8) is 0 Å². The number of nitrogens with zero attached hydrogens (tertiary/aromatic N) is 1. The van der Waals surface area contributed by atoms with Gasteiger partial charge < -0.3 is 14.6 Å². The third kappa shape index (κ3) is 5.42. The van der Waals surface area contributed by atoms with Gasteiger partial charge in [-0.3, -0.25) is 9.36 Å². The van der Waals surface area contributed by atoms with Crippen LogP contribution in [0.5, 0.6) is 11.5 Å². The van der Waals surface area contributed by atoms with Gasteiger partial charge in [-0.2, -0.15) is 0 Å². The van der Waals surface area contributed by atoms with E-state index in [0.29, 0.717) is 41.2 Å². The highest BCUT2D eigenvalue weighted by molar-refractivity contribution is 7.82. The van der Waals surface area contributed by atoms with Crippen molar-refractivity contribution >= 4 is 45.1 Å². The van der Waals surface area contributed by atoms with Gasteiger partial charge in [0.15, 0.2) is 0 Å². The number of hydrogen-bond donors (Lipinski definition) is 1. The number of carboxylic acid groups (broad SMARTS) is 1. The second kappa shape index (κ2) is 12.1. The fraction of sp³-hybridized carbons (Fsp3) is 0.265. The van der Waals surface area contributed by atoms with Crippen molar-refractivity contribution in [3.8, 4) is 11.5 Å². The maximum Gasteiger partial charge on any atom is 0.353 e. The lowest BCUT2D eigenvalue weighted by atomic mass is 9.96. The first-order valence-corrected chi connectivity index (χ1v) is 14.3. The molecule has 5 rings (SSSR count). The van der Waals surface area contributed by atoms with Gasteiger partial charge in [0.1, 0.15) is 22.9 Å². The number of aliphatic carboxylic acids is 1. The van der Waals surface area contributed by atoms with Gasteiger partial charge in [-0.05, 0) is 52.9 Å². The monoisotopic (exact) mass is 567 g/mol. The molecule has 7 heteroatoms. The molecule has 1 aromatic heterocycles. The fourth-order valence-corrected chi connectivity index (χ4v) is 5.96. The molecule has 41 heavy (non-hydrogen) atoms. The van der Waals surface area contributed by atoms with Gasteiger partial charge in [-0.15, -0.1) is 0 Å². The highest BCUT2D eigenvalue weighted by Crippen LogP contribution is 2.40. The molecule has 0 bridgehead atoms. The topological polar surface area (TPSA) is 77.8 Å². The molecule has 1 N–H and O–H groups in total. The molecule has 0 unspecified atom stereocenters. The number of allylic oxidation sites excluding steroid dienone is 1. The van der Waals surface area contributed by atoms with E-state index in [0.717, 1.165) is 46.9 Å². The second-order valence-corrected chi connectivity index (χ2v) is 10.7. The van der Waals surface area contributed by atoms with E-state index in [1.54, 1.807) is 6.07 Å². The maximum absolute atomic E-state index is 13.5. The van der Waals surface area contributed by atoms with Gasteiger partial charge in [0.05, 0.1) is 18.6 Å². The summed E-state index contributed by atoms with van der Waals surface area (Å²) in [5, 5.41) is 12.5. The predicted octanol–water partition coefficient (Wildman–Crippen LogP) is 7.05. The van der Waals surface area contributed by atoms with Crippen molar-refractivity contribution < 1.29 is 19.4 Å². The van der Waals surface area contributed by atoms with E-state index in [9.17, 15) is 14.7 Å². The molecule has 1 aliphatic heterocycles. The van der Waals surface area contributed by atoms with Crippen LogP contribution in [0.4, 0.5) is 0 Å². The minimum absolute atomic E-state index is 0.169. The van der Waals surface area contributed by atoms with Crippen molar-refractivity contribution in [2.24, 2.45) is 0 Å². The Morgan fingerprint density at radius 2 is 1.76 bits per heavy atom. The van der Waals surface area contributed by atoms with Crippen molar-refractivity contribution in [2.45, 2.75) is 46.0 Å². The van der Waals surface area contributed by atoms with E-state index in [2.05, 4.69) is 6.92 Å². The number of fused-ring (bicyclic) bond motifs is 2. The summed E-state index contributed by atoms with van der Waals surface area (Å²) in [4.78, 5) is 26.4. The van der Waals surface area contributed by atoms with Crippen LogP contribution in [0, 0.1) is 6.92 Å². The number of pyridine rings is 1. The number of benzene rings is 3. The molecule has 0 spiro atoms. The van der Waals surface area contributed by atoms with Crippen molar-refractivity contribution in [3.05, 3.63) is 105 Å². The number of aromatic nitrogens is 1. The molecular weight excluding hydrogens is 534 g/mol. The lowest BCUT2D eigenvalue weighted by Gasteiger charge is -2.16. The van der Waals surface area contributed by atoms with Crippen LogP contribution in [-0.2, 0) is 11.2 Å². The van der Waals surface area contributed by atoms with Crippen LogP contribution < -0.4 is 15.0 Å². The standard InChI is InChI=1S/C34H33NO5S/c1-4-5-6-9-17-40-27-16-15-24(18-21(27)2)29-30(34(37)38)35-28(36)20-25(32(39-3)31(35)33(29)41)19-23-13-10-12-22-11-7-8-14-26(22)23/h7-8,10-16,18,20H,4-6,9,17,19H2,1-3H3,(H,37,38). The summed E-state index contributed by atoms with van der Waals surface area (Å²) in [5.41, 5.74) is 3.15. The highest BCUT2D eigenvalue weighted by Gasteiger charge is 2.36. The van der Waals surface area contributed by atoms with Crippen LogP contribution in [0.15, 0.2) is 71.5 Å². The SMILES string of the molecule is CCCCCCOc1ccc(C2=C(C(=O)O)n3c(c(OC)c(Cc4cccc5ccccc45)cc3=O)C2=S)cc1C. The smallest absolute Gasteiger partial charge is 0.353 e. The summed E-state index contributed by atoms with van der Waals surface area (Å²) < 4.78 is 13.0. The van der Waals surface area contributed by atoms with Gasteiger partial charge >= 0.3 is 5.97 Å². The molecule has 3 aromatic carbocycles. The van der Waals surface area contributed by atoms with Crippen molar-refractivity contribution in [2.75, 3.05) is 13.7 Å². The zero-order chi connectivity index (χ0) is 29.1. The van der Waals surface area contributed by atoms with E-state index < -0.39 is 11.5 Å². The number of rotatable bonds is 11. The molecule has 4 aromatic rings. The molecule has 0 aliphatic carbocycles. The van der Waals surface area contributed by atoms with Crippen molar-refractivity contribution in [1.82, 2.24) is 4.57 Å². The average molecular weight is 568 g/mol. The van der Waals surface area contributed by atoms with Gasteiger partial charge in [-0.1, -0.05) is 86.9 Å². The first-order valence-electron chi connectivity index (χ1n) is 13.9. The molecule has 0 atom stereocenters. The van der Waals surface area contributed by atoms with Gasteiger partial charge in [-0.25, -0.2) is 4.79 Å². The van der Waals surface area contributed by atoms with E-state index in [1.165, 1.54) is 24.2 Å². The lowest BCUT2D eigenvalue weighted by molar-refractivity contribution is -0.130. The Kier molecular flexibility index (Phi) is 8.36. The summed E-state index contributed by atoms with van der Waals surface area (Å²) in [5.74, 6) is -0.0859. The van der Waals surface area contributed by atoms with Crippen LogP contribution in [0.3, 0.4) is 0 Å². The number of ether oxygens (including phenoxy) is 2. The van der Waals surface area contributed by atoms with E-state index >= 15 is 0 Å². The van der Waals surface area contributed by atoms with Gasteiger partial charge in [0.25, 0.3) is 5.56 Å².